The fraction of sp³-hybridized carbons (Fsp3) is 0.632. The lowest BCUT2D eigenvalue weighted by Crippen LogP contribution is -2.58. The van der Waals surface area contributed by atoms with E-state index in [1.165, 1.54) is 11.1 Å². The lowest BCUT2D eigenvalue weighted by molar-refractivity contribution is 0.349. The van der Waals surface area contributed by atoms with Crippen LogP contribution in [0.5, 0.6) is 0 Å². The molecule has 0 aliphatic carbocycles. The molecule has 1 heterocycles. The molecule has 5 nitrogen and oxygen atoms in total. The van der Waals surface area contributed by atoms with Crippen molar-refractivity contribution < 1.29 is 8.42 Å². The highest BCUT2D eigenvalue weighted by molar-refractivity contribution is 7.92. The molecule has 0 aromatic heterocycles. The zero-order valence-electron chi connectivity index (χ0n) is 16.3. The number of hydrogen-bond acceptors (Lipinski definition) is 3. The minimum Gasteiger partial charge on any atom is -0.355 e. The highest BCUT2D eigenvalue weighted by atomic mass is 32.2. The summed E-state index contributed by atoms with van der Waals surface area (Å²) in [5.74, 6) is 0.936. The molecule has 1 aromatic rings. The summed E-state index contributed by atoms with van der Waals surface area (Å²) >= 11 is 0. The Labute approximate surface area is 152 Å². The van der Waals surface area contributed by atoms with Crippen molar-refractivity contribution in [2.45, 2.75) is 44.8 Å². The van der Waals surface area contributed by atoms with E-state index in [1.807, 2.05) is 4.90 Å². The van der Waals surface area contributed by atoms with Gasteiger partial charge in [0.15, 0.2) is 15.8 Å². The number of sulfone groups is 1. The van der Waals surface area contributed by atoms with Gasteiger partial charge in [0.1, 0.15) is 0 Å². The van der Waals surface area contributed by atoms with Gasteiger partial charge in [0.2, 0.25) is 0 Å². The van der Waals surface area contributed by atoms with Crippen molar-refractivity contribution in [2.24, 2.45) is 4.99 Å². The summed E-state index contributed by atoms with van der Waals surface area (Å²) in [5, 5.41) is 3.44. The van der Waals surface area contributed by atoms with E-state index in [0.29, 0.717) is 13.1 Å². The number of aliphatic imine (C=N–C) groups is 1. The van der Waals surface area contributed by atoms with Gasteiger partial charge in [-0.1, -0.05) is 43.7 Å². The lowest BCUT2D eigenvalue weighted by atomic mass is 9.84. The number of hydrogen-bond donors (Lipinski definition) is 1. The number of benzene rings is 1. The number of guanidine groups is 1. The summed E-state index contributed by atoms with van der Waals surface area (Å²) in [4.78, 5) is 6.42. The molecular formula is C19H31N3O2S. The van der Waals surface area contributed by atoms with Gasteiger partial charge in [0.05, 0.1) is 10.5 Å². The molecule has 0 radical (unpaired) electrons. The van der Waals surface area contributed by atoms with Gasteiger partial charge in [-0.2, -0.15) is 0 Å². The molecule has 0 saturated carbocycles. The van der Waals surface area contributed by atoms with Gasteiger partial charge < -0.3 is 10.2 Å². The number of nitrogens with one attached hydrogen (secondary N) is 1. The Morgan fingerprint density at radius 1 is 1.36 bits per heavy atom. The standard InChI is InChI=1S/C19H31N3O2S/c1-15-8-7-9-16(12-15)18(2,3)13-21-17(20-6)22-10-11-25(23,24)19(4,5)14-22/h7-9,12H,10-11,13-14H2,1-6H3,(H,20,21). The van der Waals surface area contributed by atoms with Crippen LogP contribution in [0.25, 0.3) is 0 Å². The van der Waals surface area contributed by atoms with E-state index in [9.17, 15) is 8.42 Å². The summed E-state index contributed by atoms with van der Waals surface area (Å²) in [7, 11) is -1.30. The maximum Gasteiger partial charge on any atom is 0.193 e. The Hall–Kier alpha value is -1.56. The largest absolute Gasteiger partial charge is 0.355 e. The average molecular weight is 366 g/mol. The van der Waals surface area contributed by atoms with Gasteiger partial charge >= 0.3 is 0 Å². The van der Waals surface area contributed by atoms with E-state index in [-0.39, 0.29) is 11.2 Å². The molecule has 1 aliphatic heterocycles. The summed E-state index contributed by atoms with van der Waals surface area (Å²) in [6.45, 7) is 11.8. The molecule has 1 N–H and O–H groups in total. The molecule has 1 aromatic carbocycles. The van der Waals surface area contributed by atoms with Crippen molar-refractivity contribution in [2.75, 3.05) is 32.4 Å². The normalized spacial score (nSPS) is 20.4. The lowest BCUT2D eigenvalue weighted by Gasteiger charge is -2.40. The molecule has 0 atom stereocenters. The first-order chi connectivity index (χ1) is 11.5. The highest BCUT2D eigenvalue weighted by Crippen LogP contribution is 2.25. The third kappa shape index (κ3) is 4.35. The molecule has 25 heavy (non-hydrogen) atoms. The Kier molecular flexibility index (Phi) is 5.52. The van der Waals surface area contributed by atoms with Gasteiger partial charge in [0, 0.05) is 32.1 Å². The summed E-state index contributed by atoms with van der Waals surface area (Å²) in [5.41, 5.74) is 2.47. The van der Waals surface area contributed by atoms with Crippen LogP contribution in [0.3, 0.4) is 0 Å². The maximum absolute atomic E-state index is 12.2. The summed E-state index contributed by atoms with van der Waals surface area (Å²) < 4.78 is 23.7. The summed E-state index contributed by atoms with van der Waals surface area (Å²) in [6.07, 6.45) is 0. The van der Waals surface area contributed by atoms with Gasteiger partial charge in [0.25, 0.3) is 0 Å². The molecular weight excluding hydrogens is 334 g/mol. The van der Waals surface area contributed by atoms with Crippen LogP contribution in [0.1, 0.15) is 38.8 Å². The average Bonchev–Trinajstić information content (AvgIpc) is 2.51. The number of rotatable bonds is 3. The van der Waals surface area contributed by atoms with Crippen LogP contribution >= 0.6 is 0 Å². The second-order valence-electron chi connectivity index (χ2n) is 8.15. The van der Waals surface area contributed by atoms with Crippen molar-refractivity contribution in [3.63, 3.8) is 0 Å². The van der Waals surface area contributed by atoms with Crippen LogP contribution in [0.15, 0.2) is 29.3 Å². The first-order valence-corrected chi connectivity index (χ1v) is 10.4. The van der Waals surface area contributed by atoms with Gasteiger partial charge in [-0.15, -0.1) is 0 Å². The number of aryl methyl sites for hydroxylation is 1. The van der Waals surface area contributed by atoms with Crippen molar-refractivity contribution in [3.8, 4) is 0 Å². The van der Waals surface area contributed by atoms with Crippen LogP contribution in [-0.2, 0) is 15.3 Å². The van der Waals surface area contributed by atoms with E-state index in [0.717, 1.165) is 12.5 Å². The minimum absolute atomic E-state index is 0.0562. The van der Waals surface area contributed by atoms with Gasteiger partial charge in [-0.05, 0) is 26.3 Å². The van der Waals surface area contributed by atoms with E-state index < -0.39 is 14.6 Å². The smallest absolute Gasteiger partial charge is 0.193 e. The second-order valence-corrected chi connectivity index (χ2v) is 10.9. The van der Waals surface area contributed by atoms with Crippen LogP contribution < -0.4 is 5.32 Å². The van der Waals surface area contributed by atoms with Crippen molar-refractivity contribution >= 4 is 15.8 Å². The predicted octanol–water partition coefficient (Wildman–Crippen LogP) is 2.36. The van der Waals surface area contributed by atoms with Crippen LogP contribution in [0, 0.1) is 6.92 Å². The molecule has 1 aliphatic rings. The van der Waals surface area contributed by atoms with E-state index in [1.54, 1.807) is 20.9 Å². The Bertz CT molecular complexity index is 752. The van der Waals surface area contributed by atoms with Crippen LogP contribution in [-0.4, -0.2) is 56.5 Å². The SMILES string of the molecule is CN=C(NCC(C)(C)c1cccc(C)c1)N1CCS(=O)(=O)C(C)(C)C1. The number of nitrogens with zero attached hydrogens (tertiary/aromatic N) is 2. The van der Waals surface area contributed by atoms with E-state index in [4.69, 9.17) is 0 Å². The Balaban J connectivity index is 2.08. The predicted molar refractivity (Wildman–Crippen MR) is 105 cm³/mol. The van der Waals surface area contributed by atoms with Crippen molar-refractivity contribution in [1.29, 1.82) is 0 Å². The monoisotopic (exact) mass is 365 g/mol. The molecule has 6 heteroatoms. The maximum atomic E-state index is 12.2. The van der Waals surface area contributed by atoms with Crippen molar-refractivity contribution in [1.82, 2.24) is 10.2 Å². The molecule has 2 rings (SSSR count). The molecule has 1 fully saturated rings. The van der Waals surface area contributed by atoms with Gasteiger partial charge in [-0.25, -0.2) is 8.42 Å². The molecule has 0 bridgehead atoms. The Morgan fingerprint density at radius 3 is 2.60 bits per heavy atom. The van der Waals surface area contributed by atoms with Crippen LogP contribution in [0.2, 0.25) is 0 Å². The topological polar surface area (TPSA) is 61.8 Å². The quantitative estimate of drug-likeness (QED) is 0.660. The zero-order chi connectivity index (χ0) is 18.9. The fourth-order valence-electron chi connectivity index (χ4n) is 3.12. The third-order valence-electron chi connectivity index (χ3n) is 5.04. The summed E-state index contributed by atoms with van der Waals surface area (Å²) in [6, 6.07) is 8.54. The highest BCUT2D eigenvalue weighted by Gasteiger charge is 2.41. The third-order valence-corrected chi connectivity index (χ3v) is 7.58. The fourth-order valence-corrected chi connectivity index (χ4v) is 4.49. The Morgan fingerprint density at radius 2 is 2.04 bits per heavy atom. The molecule has 0 unspecified atom stereocenters. The first kappa shape index (κ1) is 19.8. The van der Waals surface area contributed by atoms with Gasteiger partial charge in [-0.3, -0.25) is 4.99 Å². The molecule has 140 valence electrons. The van der Waals surface area contributed by atoms with Crippen LogP contribution in [0.4, 0.5) is 0 Å². The molecule has 0 amide bonds. The molecule has 1 saturated heterocycles. The zero-order valence-corrected chi connectivity index (χ0v) is 17.1. The molecule has 0 spiro atoms. The van der Waals surface area contributed by atoms with Crippen molar-refractivity contribution in [3.05, 3.63) is 35.4 Å². The van der Waals surface area contributed by atoms with E-state index in [2.05, 4.69) is 55.3 Å². The van der Waals surface area contributed by atoms with E-state index >= 15 is 0 Å². The minimum atomic E-state index is -3.05. The first-order valence-electron chi connectivity index (χ1n) is 8.74. The second kappa shape index (κ2) is 6.98.